The van der Waals surface area contributed by atoms with Crippen LogP contribution < -0.4 is 10.1 Å². The Morgan fingerprint density at radius 3 is 2.46 bits per heavy atom. The van der Waals surface area contributed by atoms with Crippen molar-refractivity contribution in [1.29, 1.82) is 0 Å². The molecule has 2 aromatic carbocycles. The summed E-state index contributed by atoms with van der Waals surface area (Å²) in [7, 11) is 0. The minimum absolute atomic E-state index is 0.217. The Kier molecular flexibility index (Phi) is 6.19. The van der Waals surface area contributed by atoms with E-state index in [1.165, 1.54) is 0 Å². The minimum atomic E-state index is -0.315. The van der Waals surface area contributed by atoms with Gasteiger partial charge in [-0.05, 0) is 37.4 Å². The first kappa shape index (κ1) is 19.7. The number of rotatable bonds is 7. The van der Waals surface area contributed by atoms with Gasteiger partial charge >= 0.3 is 0 Å². The van der Waals surface area contributed by atoms with Crippen LogP contribution in [0.4, 0.5) is 0 Å². The van der Waals surface area contributed by atoms with Crippen LogP contribution in [0.1, 0.15) is 37.2 Å². The molecule has 0 saturated carbocycles. The lowest BCUT2D eigenvalue weighted by Crippen LogP contribution is -2.35. The standard InChI is InChI=1S/C22H27ClN2O3/c1-3-25(4-2)12-11-24-14-20-27-21-16-7-5-6-8-18(16)26-19-10-9-15(23)13-17(19)22(21)28-20/h5-10,13,20-22,24H,3-4,11-12,14H2,1-2H3. The molecule has 2 aliphatic rings. The van der Waals surface area contributed by atoms with E-state index in [-0.39, 0.29) is 18.5 Å². The third-order valence-electron chi connectivity index (χ3n) is 5.41. The van der Waals surface area contributed by atoms with E-state index in [4.69, 9.17) is 25.8 Å². The number of ether oxygens (including phenoxy) is 3. The quantitative estimate of drug-likeness (QED) is 0.689. The molecule has 1 N–H and O–H groups in total. The number of likely N-dealkylation sites (N-methyl/N-ethyl adjacent to an activating group) is 1. The molecule has 1 saturated heterocycles. The molecule has 0 amide bonds. The number of hydrogen-bond donors (Lipinski definition) is 1. The number of para-hydroxylation sites is 1. The second kappa shape index (κ2) is 8.80. The van der Waals surface area contributed by atoms with E-state index in [0.29, 0.717) is 11.6 Å². The molecule has 1 fully saturated rings. The van der Waals surface area contributed by atoms with Gasteiger partial charge in [0.15, 0.2) is 6.29 Å². The SMILES string of the molecule is CCN(CC)CCNCC1OC2c3ccccc3Oc3ccc(Cl)cc3C2O1. The van der Waals surface area contributed by atoms with Crippen LogP contribution in [0.15, 0.2) is 42.5 Å². The van der Waals surface area contributed by atoms with Crippen molar-refractivity contribution >= 4 is 11.6 Å². The highest BCUT2D eigenvalue weighted by atomic mass is 35.5. The topological polar surface area (TPSA) is 43.0 Å². The summed E-state index contributed by atoms with van der Waals surface area (Å²) in [5.74, 6) is 1.57. The van der Waals surface area contributed by atoms with E-state index in [2.05, 4.69) is 24.1 Å². The smallest absolute Gasteiger partial charge is 0.171 e. The number of nitrogens with one attached hydrogen (secondary N) is 1. The van der Waals surface area contributed by atoms with Gasteiger partial charge in [-0.15, -0.1) is 0 Å². The molecule has 2 heterocycles. The van der Waals surface area contributed by atoms with Crippen molar-refractivity contribution in [2.24, 2.45) is 0 Å². The zero-order valence-corrected chi connectivity index (χ0v) is 17.1. The van der Waals surface area contributed by atoms with E-state index in [0.717, 1.165) is 48.8 Å². The van der Waals surface area contributed by atoms with Crippen molar-refractivity contribution < 1.29 is 14.2 Å². The summed E-state index contributed by atoms with van der Waals surface area (Å²) < 4.78 is 18.8. The van der Waals surface area contributed by atoms with E-state index < -0.39 is 0 Å². The summed E-state index contributed by atoms with van der Waals surface area (Å²) in [6.07, 6.45) is -0.776. The molecule has 6 heteroatoms. The molecular formula is C22H27ClN2O3. The van der Waals surface area contributed by atoms with Crippen LogP contribution >= 0.6 is 11.6 Å². The molecule has 28 heavy (non-hydrogen) atoms. The van der Waals surface area contributed by atoms with E-state index in [9.17, 15) is 0 Å². The summed E-state index contributed by atoms with van der Waals surface area (Å²) in [4.78, 5) is 2.39. The van der Waals surface area contributed by atoms with Gasteiger partial charge in [-0.25, -0.2) is 0 Å². The third kappa shape index (κ3) is 4.04. The number of halogens is 1. The van der Waals surface area contributed by atoms with Gasteiger partial charge in [0.1, 0.15) is 23.7 Å². The summed E-state index contributed by atoms with van der Waals surface area (Å²) in [5, 5.41) is 4.13. The second-order valence-corrected chi connectivity index (χ2v) is 7.53. The highest BCUT2D eigenvalue weighted by molar-refractivity contribution is 6.30. The summed E-state index contributed by atoms with van der Waals surface area (Å²) >= 11 is 6.26. The zero-order chi connectivity index (χ0) is 19.5. The molecule has 150 valence electrons. The Bertz CT molecular complexity index is 812. The van der Waals surface area contributed by atoms with Crippen molar-refractivity contribution in [3.63, 3.8) is 0 Å². The van der Waals surface area contributed by atoms with Crippen molar-refractivity contribution in [2.45, 2.75) is 32.3 Å². The Labute approximate surface area is 171 Å². The fourth-order valence-corrected chi connectivity index (χ4v) is 4.01. The van der Waals surface area contributed by atoms with Gasteiger partial charge in [0.2, 0.25) is 0 Å². The normalized spacial score (nSPS) is 22.9. The second-order valence-electron chi connectivity index (χ2n) is 7.10. The maximum atomic E-state index is 6.31. The van der Waals surface area contributed by atoms with Gasteiger partial charge in [0.05, 0.1) is 0 Å². The monoisotopic (exact) mass is 402 g/mol. The number of fused-ring (bicyclic) bond motifs is 5. The molecule has 0 spiro atoms. The Morgan fingerprint density at radius 2 is 1.68 bits per heavy atom. The van der Waals surface area contributed by atoms with Crippen LogP contribution in [-0.2, 0) is 9.47 Å². The maximum absolute atomic E-state index is 6.31. The maximum Gasteiger partial charge on any atom is 0.171 e. The minimum Gasteiger partial charge on any atom is -0.457 e. The zero-order valence-electron chi connectivity index (χ0n) is 16.4. The highest BCUT2D eigenvalue weighted by Gasteiger charge is 2.42. The number of hydrogen-bond acceptors (Lipinski definition) is 5. The fraction of sp³-hybridized carbons (Fsp3) is 0.455. The summed E-state index contributed by atoms with van der Waals surface area (Å²) in [6.45, 7) is 9.06. The number of nitrogens with zero attached hydrogens (tertiary/aromatic N) is 1. The van der Waals surface area contributed by atoms with Gasteiger partial charge in [0, 0.05) is 35.8 Å². The van der Waals surface area contributed by atoms with Crippen LogP contribution in [-0.4, -0.2) is 43.9 Å². The third-order valence-corrected chi connectivity index (χ3v) is 5.64. The largest absolute Gasteiger partial charge is 0.457 e. The molecule has 0 bridgehead atoms. The van der Waals surface area contributed by atoms with Crippen molar-refractivity contribution in [2.75, 3.05) is 32.7 Å². The van der Waals surface area contributed by atoms with Crippen LogP contribution in [0.5, 0.6) is 11.5 Å². The summed E-state index contributed by atoms with van der Waals surface area (Å²) in [5.41, 5.74) is 1.94. The van der Waals surface area contributed by atoms with Crippen molar-refractivity contribution in [1.82, 2.24) is 10.2 Å². The first-order chi connectivity index (χ1) is 13.7. The van der Waals surface area contributed by atoms with Crippen LogP contribution in [0.3, 0.4) is 0 Å². The molecule has 4 rings (SSSR count). The van der Waals surface area contributed by atoms with Gasteiger partial charge in [0.25, 0.3) is 0 Å². The van der Waals surface area contributed by atoms with Crippen molar-refractivity contribution in [3.05, 3.63) is 58.6 Å². The Morgan fingerprint density at radius 1 is 0.964 bits per heavy atom. The summed E-state index contributed by atoms with van der Waals surface area (Å²) in [6, 6.07) is 13.6. The molecule has 0 aliphatic carbocycles. The predicted molar refractivity (Wildman–Crippen MR) is 110 cm³/mol. The Hall–Kier alpha value is -1.63. The molecule has 5 nitrogen and oxygen atoms in total. The number of benzene rings is 2. The lowest BCUT2D eigenvalue weighted by atomic mass is 9.98. The molecule has 0 radical (unpaired) electrons. The van der Waals surface area contributed by atoms with Crippen LogP contribution in [0.25, 0.3) is 0 Å². The predicted octanol–water partition coefficient (Wildman–Crippen LogP) is 4.53. The molecule has 0 aromatic heterocycles. The highest BCUT2D eigenvalue weighted by Crippen LogP contribution is 2.51. The average molecular weight is 403 g/mol. The Balaban J connectivity index is 1.50. The molecule has 3 atom stereocenters. The van der Waals surface area contributed by atoms with E-state index >= 15 is 0 Å². The fourth-order valence-electron chi connectivity index (χ4n) is 3.83. The first-order valence-electron chi connectivity index (χ1n) is 9.99. The van der Waals surface area contributed by atoms with Crippen LogP contribution in [0, 0.1) is 0 Å². The van der Waals surface area contributed by atoms with Gasteiger partial charge < -0.3 is 24.4 Å². The molecule has 2 aliphatic heterocycles. The van der Waals surface area contributed by atoms with Gasteiger partial charge in [-0.1, -0.05) is 43.6 Å². The lowest BCUT2D eigenvalue weighted by molar-refractivity contribution is -0.0646. The van der Waals surface area contributed by atoms with Crippen molar-refractivity contribution in [3.8, 4) is 11.5 Å². The molecule has 2 aromatic rings. The van der Waals surface area contributed by atoms with Crippen LogP contribution in [0.2, 0.25) is 5.02 Å². The average Bonchev–Trinajstić information content (AvgIpc) is 3.09. The molecular weight excluding hydrogens is 376 g/mol. The van der Waals surface area contributed by atoms with E-state index in [1.807, 2.05) is 42.5 Å². The van der Waals surface area contributed by atoms with E-state index in [1.54, 1.807) is 0 Å². The van der Waals surface area contributed by atoms with Gasteiger partial charge in [-0.2, -0.15) is 0 Å². The van der Waals surface area contributed by atoms with Gasteiger partial charge in [-0.3, -0.25) is 0 Å². The molecule has 3 unspecified atom stereocenters. The lowest BCUT2D eigenvalue weighted by Gasteiger charge is -2.19. The first-order valence-corrected chi connectivity index (χ1v) is 10.4.